The van der Waals surface area contributed by atoms with Crippen molar-refractivity contribution in [3.63, 3.8) is 0 Å². The predicted octanol–water partition coefficient (Wildman–Crippen LogP) is 5.97. The number of aromatic amines is 1. The Labute approximate surface area is 199 Å². The molecule has 1 amide bonds. The minimum absolute atomic E-state index is 0.0342. The van der Waals surface area contributed by atoms with Gasteiger partial charge < -0.3 is 9.72 Å². The fraction of sp³-hybridized carbons (Fsp3) is 0.0800. The van der Waals surface area contributed by atoms with Crippen LogP contribution in [0.1, 0.15) is 5.56 Å². The quantitative estimate of drug-likeness (QED) is 0.286. The van der Waals surface area contributed by atoms with E-state index in [4.69, 9.17) is 16.3 Å². The first kappa shape index (κ1) is 21.3. The number of benzene rings is 3. The van der Waals surface area contributed by atoms with E-state index < -0.39 is 0 Å². The number of nitrogens with zero attached hydrogens (tertiary/aromatic N) is 3. The van der Waals surface area contributed by atoms with Crippen LogP contribution in [0.2, 0.25) is 5.02 Å². The van der Waals surface area contributed by atoms with Crippen molar-refractivity contribution in [3.05, 3.63) is 83.4 Å². The first-order valence-corrected chi connectivity index (χ1v) is 11.6. The lowest BCUT2D eigenvalue weighted by molar-refractivity contribution is -0.115. The van der Waals surface area contributed by atoms with E-state index in [0.717, 1.165) is 39.2 Å². The summed E-state index contributed by atoms with van der Waals surface area (Å²) in [5.41, 5.74) is 4.58. The molecule has 3 aromatic carbocycles. The maximum absolute atomic E-state index is 12.5. The number of para-hydroxylation sites is 1. The Morgan fingerprint density at radius 3 is 2.58 bits per heavy atom. The molecule has 0 saturated carbocycles. The summed E-state index contributed by atoms with van der Waals surface area (Å²) >= 11 is 7.44. The number of halogens is 1. The zero-order valence-corrected chi connectivity index (χ0v) is 19.2. The lowest BCUT2D eigenvalue weighted by Gasteiger charge is -2.15. The molecule has 0 radical (unpaired) electrons. The molecule has 1 aromatic heterocycles. The Kier molecular flexibility index (Phi) is 5.90. The zero-order chi connectivity index (χ0) is 22.8. The fourth-order valence-corrected chi connectivity index (χ4v) is 4.65. The number of fused-ring (bicyclic) bond motifs is 1. The molecular formula is C25H19ClN4O2S. The van der Waals surface area contributed by atoms with Gasteiger partial charge in [-0.25, -0.2) is 0 Å². The average Bonchev–Trinajstić information content (AvgIpc) is 3.40. The van der Waals surface area contributed by atoms with Gasteiger partial charge in [0.15, 0.2) is 5.17 Å². The van der Waals surface area contributed by atoms with Gasteiger partial charge in [0.2, 0.25) is 5.91 Å². The molecule has 4 aromatic rings. The molecule has 1 N–H and O–H groups in total. The third-order valence-corrected chi connectivity index (χ3v) is 6.47. The highest BCUT2D eigenvalue weighted by molar-refractivity contribution is 8.15. The van der Waals surface area contributed by atoms with Crippen molar-refractivity contribution in [1.82, 2.24) is 4.98 Å². The standard InChI is InChI=1S/C25H19ClN4O2S/c1-32-19-12-10-18(11-13-19)30-23(31)15-33-25(30)29-27-14-21-20-4-2-3-5-22(20)28-24(21)16-6-8-17(26)9-7-16/h2-14,28H,15H2,1H3/b27-14-,29-25?. The minimum Gasteiger partial charge on any atom is -0.497 e. The van der Waals surface area contributed by atoms with Crippen molar-refractivity contribution in [2.45, 2.75) is 0 Å². The van der Waals surface area contributed by atoms with Gasteiger partial charge in [0.1, 0.15) is 5.75 Å². The number of amidine groups is 1. The van der Waals surface area contributed by atoms with Crippen LogP contribution in [0.4, 0.5) is 5.69 Å². The maximum atomic E-state index is 12.5. The molecular weight excluding hydrogens is 456 g/mol. The van der Waals surface area contributed by atoms with Crippen LogP contribution in [0.3, 0.4) is 0 Å². The van der Waals surface area contributed by atoms with E-state index in [0.29, 0.717) is 15.9 Å². The minimum atomic E-state index is -0.0342. The number of rotatable bonds is 5. The van der Waals surface area contributed by atoms with E-state index in [1.54, 1.807) is 18.2 Å². The van der Waals surface area contributed by atoms with Gasteiger partial charge in [-0.1, -0.05) is 53.7 Å². The van der Waals surface area contributed by atoms with Gasteiger partial charge in [-0.2, -0.15) is 5.10 Å². The predicted molar refractivity (Wildman–Crippen MR) is 137 cm³/mol. The molecule has 8 heteroatoms. The van der Waals surface area contributed by atoms with Crippen molar-refractivity contribution in [3.8, 4) is 17.0 Å². The van der Waals surface area contributed by atoms with Crippen LogP contribution in [-0.2, 0) is 4.79 Å². The lowest BCUT2D eigenvalue weighted by Crippen LogP contribution is -2.28. The van der Waals surface area contributed by atoms with Crippen LogP contribution in [0.15, 0.2) is 83.0 Å². The first-order chi connectivity index (χ1) is 16.1. The monoisotopic (exact) mass is 474 g/mol. The van der Waals surface area contributed by atoms with Gasteiger partial charge in [-0.3, -0.25) is 9.69 Å². The number of hydrogen-bond acceptors (Lipinski definition) is 5. The average molecular weight is 475 g/mol. The second-order valence-corrected chi connectivity index (χ2v) is 8.69. The number of H-pyrrole nitrogens is 1. The molecule has 5 rings (SSSR count). The van der Waals surface area contributed by atoms with Crippen molar-refractivity contribution >= 4 is 57.2 Å². The summed E-state index contributed by atoms with van der Waals surface area (Å²) in [5, 5.41) is 11.0. The van der Waals surface area contributed by atoms with E-state index in [2.05, 4.69) is 15.2 Å². The van der Waals surface area contributed by atoms with Crippen molar-refractivity contribution in [2.75, 3.05) is 17.8 Å². The molecule has 1 saturated heterocycles. The highest BCUT2D eigenvalue weighted by atomic mass is 35.5. The van der Waals surface area contributed by atoms with Crippen LogP contribution in [0, 0.1) is 0 Å². The second-order valence-electron chi connectivity index (χ2n) is 7.31. The number of ether oxygens (including phenoxy) is 1. The Bertz CT molecular complexity index is 1380. The van der Waals surface area contributed by atoms with Gasteiger partial charge in [0, 0.05) is 21.5 Å². The van der Waals surface area contributed by atoms with Crippen LogP contribution < -0.4 is 9.64 Å². The smallest absolute Gasteiger partial charge is 0.243 e. The highest BCUT2D eigenvalue weighted by Gasteiger charge is 2.29. The molecule has 1 aliphatic heterocycles. The summed E-state index contributed by atoms with van der Waals surface area (Å²) in [6, 6.07) is 23.0. The molecule has 6 nitrogen and oxygen atoms in total. The largest absolute Gasteiger partial charge is 0.497 e. The summed E-state index contributed by atoms with van der Waals surface area (Å²) in [6.07, 6.45) is 1.73. The van der Waals surface area contributed by atoms with Gasteiger partial charge in [-0.05, 0) is 48.0 Å². The molecule has 0 atom stereocenters. The van der Waals surface area contributed by atoms with Crippen LogP contribution >= 0.6 is 23.4 Å². The van der Waals surface area contributed by atoms with Gasteiger partial charge in [-0.15, -0.1) is 5.10 Å². The normalized spacial score (nSPS) is 15.3. The molecule has 1 aliphatic rings. The molecule has 2 heterocycles. The third-order valence-electron chi connectivity index (χ3n) is 5.31. The maximum Gasteiger partial charge on any atom is 0.243 e. The van der Waals surface area contributed by atoms with Crippen LogP contribution in [0.25, 0.3) is 22.2 Å². The Balaban J connectivity index is 1.50. The summed E-state index contributed by atoms with van der Waals surface area (Å²) in [6.45, 7) is 0. The van der Waals surface area contributed by atoms with E-state index in [-0.39, 0.29) is 5.91 Å². The first-order valence-electron chi connectivity index (χ1n) is 10.2. The summed E-state index contributed by atoms with van der Waals surface area (Å²) in [4.78, 5) is 17.5. The molecule has 0 spiro atoms. The van der Waals surface area contributed by atoms with E-state index >= 15 is 0 Å². The van der Waals surface area contributed by atoms with E-state index in [1.807, 2.05) is 72.8 Å². The van der Waals surface area contributed by atoms with E-state index in [1.165, 1.54) is 11.8 Å². The van der Waals surface area contributed by atoms with Crippen molar-refractivity contribution < 1.29 is 9.53 Å². The summed E-state index contributed by atoms with van der Waals surface area (Å²) < 4.78 is 5.21. The number of thioether (sulfide) groups is 1. The molecule has 0 unspecified atom stereocenters. The van der Waals surface area contributed by atoms with Crippen molar-refractivity contribution in [2.24, 2.45) is 10.2 Å². The number of nitrogens with one attached hydrogen (secondary N) is 1. The molecule has 33 heavy (non-hydrogen) atoms. The summed E-state index contributed by atoms with van der Waals surface area (Å²) in [7, 11) is 1.61. The number of carbonyl (C=O) groups excluding carboxylic acids is 1. The topological polar surface area (TPSA) is 70.0 Å². The summed E-state index contributed by atoms with van der Waals surface area (Å²) in [5.74, 6) is 1.01. The van der Waals surface area contributed by atoms with Gasteiger partial charge >= 0.3 is 0 Å². The number of methoxy groups -OCH3 is 1. The number of aromatic nitrogens is 1. The molecule has 0 bridgehead atoms. The van der Waals surface area contributed by atoms with Gasteiger partial charge in [0.05, 0.1) is 30.5 Å². The lowest BCUT2D eigenvalue weighted by atomic mass is 10.1. The fourth-order valence-electron chi connectivity index (χ4n) is 3.70. The number of carbonyl (C=O) groups is 1. The second kappa shape index (κ2) is 9.13. The van der Waals surface area contributed by atoms with Crippen LogP contribution in [-0.4, -0.2) is 35.1 Å². The number of hydrogen-bond donors (Lipinski definition) is 1. The Hall–Kier alpha value is -3.55. The van der Waals surface area contributed by atoms with Crippen LogP contribution in [0.5, 0.6) is 5.75 Å². The van der Waals surface area contributed by atoms with E-state index in [9.17, 15) is 4.79 Å². The molecule has 164 valence electrons. The number of amides is 1. The zero-order valence-electron chi connectivity index (χ0n) is 17.7. The SMILES string of the molecule is COc1ccc(N2C(=O)CSC2=N/N=C\c2c(-c3ccc(Cl)cc3)[nH]c3ccccc23)cc1. The van der Waals surface area contributed by atoms with Gasteiger partial charge in [0.25, 0.3) is 0 Å². The van der Waals surface area contributed by atoms with Crippen molar-refractivity contribution in [1.29, 1.82) is 0 Å². The third kappa shape index (κ3) is 4.25. The molecule has 1 fully saturated rings. The highest BCUT2D eigenvalue weighted by Crippen LogP contribution is 2.31. The molecule has 0 aliphatic carbocycles. The Morgan fingerprint density at radius 1 is 1.06 bits per heavy atom. The number of anilines is 1. The Morgan fingerprint density at radius 2 is 1.82 bits per heavy atom.